The monoisotopic (exact) mass is 312 g/mol. The Hall–Kier alpha value is -2.63. The molecule has 0 amide bonds. The van der Waals surface area contributed by atoms with E-state index in [9.17, 15) is 0 Å². The first-order chi connectivity index (χ1) is 11.0. The maximum atomic E-state index is 5.94. The summed E-state index contributed by atoms with van der Waals surface area (Å²) in [5.41, 5.74) is 2.09. The number of hydrogen-bond acceptors (Lipinski definition) is 5. The molecule has 0 unspecified atom stereocenters. The number of rotatable bonds is 5. The minimum atomic E-state index is 0.0451. The second-order valence-electron chi connectivity index (χ2n) is 5.81. The zero-order valence-electron chi connectivity index (χ0n) is 13.7. The number of nitrogens with one attached hydrogen (secondary N) is 1. The van der Waals surface area contributed by atoms with Gasteiger partial charge in [-0.1, -0.05) is 0 Å². The van der Waals surface area contributed by atoms with Crippen molar-refractivity contribution in [3.8, 4) is 22.9 Å². The molecule has 0 radical (unpaired) electrons. The fourth-order valence-electron chi connectivity index (χ4n) is 2.27. The molecule has 0 spiro atoms. The first-order valence-electron chi connectivity index (χ1n) is 7.67. The number of nitrogens with zero attached hydrogens (tertiary/aromatic N) is 3. The topological polar surface area (TPSA) is 72.9 Å². The molecular formula is C17H20N4O2. The van der Waals surface area contributed by atoms with E-state index in [0.717, 1.165) is 17.1 Å². The summed E-state index contributed by atoms with van der Waals surface area (Å²) >= 11 is 0. The number of benzene rings is 1. The summed E-state index contributed by atoms with van der Waals surface area (Å²) in [5.74, 6) is 2.17. The number of aromatic amines is 1. The Bertz CT molecular complexity index is 778. The van der Waals surface area contributed by atoms with Crippen LogP contribution in [0.25, 0.3) is 22.7 Å². The van der Waals surface area contributed by atoms with Crippen LogP contribution in [0.3, 0.4) is 0 Å². The van der Waals surface area contributed by atoms with Gasteiger partial charge < -0.3 is 14.5 Å². The van der Waals surface area contributed by atoms with Crippen molar-refractivity contribution in [3.63, 3.8) is 0 Å². The third kappa shape index (κ3) is 3.41. The summed E-state index contributed by atoms with van der Waals surface area (Å²) in [7, 11) is 0. The quantitative estimate of drug-likeness (QED) is 0.779. The molecule has 6 nitrogen and oxygen atoms in total. The molecule has 1 N–H and O–H groups in total. The second-order valence-corrected chi connectivity index (χ2v) is 5.81. The van der Waals surface area contributed by atoms with Crippen LogP contribution in [0.2, 0.25) is 0 Å². The normalized spacial score (nSPS) is 11.4. The SMILES string of the molecule is CC(C)Oc1ccc(-c2nc3nccnc3[nH]2)c(OC(C)C)c1. The number of fused-ring (bicyclic) bond motifs is 1. The van der Waals surface area contributed by atoms with Crippen molar-refractivity contribution in [1.82, 2.24) is 19.9 Å². The molecule has 2 heterocycles. The van der Waals surface area contributed by atoms with Gasteiger partial charge in [-0.3, -0.25) is 0 Å². The molecule has 3 rings (SSSR count). The Morgan fingerprint density at radius 3 is 2.39 bits per heavy atom. The summed E-state index contributed by atoms with van der Waals surface area (Å²) < 4.78 is 11.7. The first kappa shape index (κ1) is 15.3. The molecule has 0 aliphatic heterocycles. The highest BCUT2D eigenvalue weighted by Gasteiger charge is 2.15. The highest BCUT2D eigenvalue weighted by atomic mass is 16.5. The summed E-state index contributed by atoms with van der Waals surface area (Å²) in [4.78, 5) is 16.1. The Balaban J connectivity index is 2.05. The molecule has 0 fully saturated rings. The van der Waals surface area contributed by atoms with Crippen molar-refractivity contribution in [3.05, 3.63) is 30.6 Å². The molecule has 120 valence electrons. The van der Waals surface area contributed by atoms with Gasteiger partial charge >= 0.3 is 0 Å². The molecule has 3 aromatic rings. The highest BCUT2D eigenvalue weighted by molar-refractivity contribution is 5.75. The van der Waals surface area contributed by atoms with Gasteiger partial charge in [0.05, 0.1) is 17.8 Å². The van der Waals surface area contributed by atoms with E-state index in [1.807, 2.05) is 45.9 Å². The lowest BCUT2D eigenvalue weighted by Crippen LogP contribution is -2.09. The average molecular weight is 312 g/mol. The van der Waals surface area contributed by atoms with E-state index in [2.05, 4.69) is 19.9 Å². The smallest absolute Gasteiger partial charge is 0.197 e. The van der Waals surface area contributed by atoms with Gasteiger partial charge in [-0.25, -0.2) is 15.0 Å². The molecule has 0 aliphatic carbocycles. The van der Waals surface area contributed by atoms with Crippen molar-refractivity contribution in [2.24, 2.45) is 0 Å². The van der Waals surface area contributed by atoms with E-state index in [4.69, 9.17) is 9.47 Å². The Morgan fingerprint density at radius 2 is 1.70 bits per heavy atom. The Morgan fingerprint density at radius 1 is 0.957 bits per heavy atom. The molecule has 23 heavy (non-hydrogen) atoms. The van der Waals surface area contributed by atoms with Gasteiger partial charge in [0.25, 0.3) is 0 Å². The zero-order chi connectivity index (χ0) is 16.4. The van der Waals surface area contributed by atoms with Crippen molar-refractivity contribution >= 4 is 11.3 Å². The minimum absolute atomic E-state index is 0.0451. The van der Waals surface area contributed by atoms with E-state index in [1.165, 1.54) is 0 Å². The average Bonchev–Trinajstić information content (AvgIpc) is 2.89. The van der Waals surface area contributed by atoms with E-state index in [1.54, 1.807) is 12.4 Å². The van der Waals surface area contributed by atoms with Gasteiger partial charge in [0.15, 0.2) is 11.3 Å². The lowest BCUT2D eigenvalue weighted by Gasteiger charge is -2.16. The van der Waals surface area contributed by atoms with E-state index in [-0.39, 0.29) is 12.2 Å². The molecule has 6 heteroatoms. The van der Waals surface area contributed by atoms with Gasteiger partial charge in [0, 0.05) is 18.5 Å². The van der Waals surface area contributed by atoms with Crippen LogP contribution in [-0.4, -0.2) is 32.1 Å². The highest BCUT2D eigenvalue weighted by Crippen LogP contribution is 2.33. The Kier molecular flexibility index (Phi) is 4.14. The van der Waals surface area contributed by atoms with Crippen LogP contribution in [0, 0.1) is 0 Å². The van der Waals surface area contributed by atoms with E-state index >= 15 is 0 Å². The van der Waals surface area contributed by atoms with Gasteiger partial charge in [-0.15, -0.1) is 0 Å². The van der Waals surface area contributed by atoms with Crippen molar-refractivity contribution < 1.29 is 9.47 Å². The molecule has 1 aromatic carbocycles. The third-order valence-corrected chi connectivity index (χ3v) is 3.08. The zero-order valence-corrected chi connectivity index (χ0v) is 13.7. The second kappa shape index (κ2) is 6.24. The molecule has 0 bridgehead atoms. The lowest BCUT2D eigenvalue weighted by atomic mass is 10.1. The fraction of sp³-hybridized carbons (Fsp3) is 0.353. The van der Waals surface area contributed by atoms with Crippen molar-refractivity contribution in [2.45, 2.75) is 39.9 Å². The molecular weight excluding hydrogens is 292 g/mol. The number of ether oxygens (including phenoxy) is 2. The van der Waals surface area contributed by atoms with Crippen LogP contribution < -0.4 is 9.47 Å². The van der Waals surface area contributed by atoms with E-state index < -0.39 is 0 Å². The summed E-state index contributed by atoms with van der Waals surface area (Å²) in [6, 6.07) is 5.74. The van der Waals surface area contributed by atoms with Gasteiger partial charge in [0.2, 0.25) is 0 Å². The molecule has 0 atom stereocenters. The number of H-pyrrole nitrogens is 1. The predicted octanol–water partition coefficient (Wildman–Crippen LogP) is 3.59. The first-order valence-corrected chi connectivity index (χ1v) is 7.67. The van der Waals surface area contributed by atoms with Gasteiger partial charge in [-0.05, 0) is 39.8 Å². The summed E-state index contributed by atoms with van der Waals surface area (Å²) in [5, 5.41) is 0. The number of aromatic nitrogens is 4. The van der Waals surface area contributed by atoms with Gasteiger partial charge in [-0.2, -0.15) is 0 Å². The summed E-state index contributed by atoms with van der Waals surface area (Å²) in [6.07, 6.45) is 3.41. The molecule has 0 saturated heterocycles. The molecule has 2 aromatic heterocycles. The molecule has 0 aliphatic rings. The Labute approximate surface area is 134 Å². The van der Waals surface area contributed by atoms with Crippen LogP contribution in [0.1, 0.15) is 27.7 Å². The van der Waals surface area contributed by atoms with Crippen LogP contribution in [0.15, 0.2) is 30.6 Å². The van der Waals surface area contributed by atoms with Gasteiger partial charge in [0.1, 0.15) is 17.3 Å². The van der Waals surface area contributed by atoms with Crippen LogP contribution in [0.4, 0.5) is 0 Å². The predicted molar refractivity (Wildman–Crippen MR) is 88.6 cm³/mol. The maximum Gasteiger partial charge on any atom is 0.197 e. The largest absolute Gasteiger partial charge is 0.491 e. The fourth-order valence-corrected chi connectivity index (χ4v) is 2.27. The molecule has 0 saturated carbocycles. The van der Waals surface area contributed by atoms with Crippen LogP contribution in [-0.2, 0) is 0 Å². The third-order valence-electron chi connectivity index (χ3n) is 3.08. The van der Waals surface area contributed by atoms with Crippen LogP contribution >= 0.6 is 0 Å². The maximum absolute atomic E-state index is 5.94. The van der Waals surface area contributed by atoms with Crippen LogP contribution in [0.5, 0.6) is 11.5 Å². The van der Waals surface area contributed by atoms with Crippen molar-refractivity contribution in [1.29, 1.82) is 0 Å². The van der Waals surface area contributed by atoms with E-state index in [0.29, 0.717) is 17.1 Å². The lowest BCUT2D eigenvalue weighted by molar-refractivity contribution is 0.230. The number of imidazole rings is 1. The number of hydrogen-bond donors (Lipinski definition) is 1. The standard InChI is InChI=1S/C17H20N4O2/c1-10(2)22-12-5-6-13(14(9-12)23-11(3)4)15-20-16-17(21-15)19-8-7-18-16/h5-11H,1-4H3,(H,18,19,20,21). The summed E-state index contributed by atoms with van der Waals surface area (Å²) in [6.45, 7) is 7.96. The minimum Gasteiger partial charge on any atom is -0.491 e. The van der Waals surface area contributed by atoms with Crippen molar-refractivity contribution in [2.75, 3.05) is 0 Å².